The molecule has 0 saturated heterocycles. The Morgan fingerprint density at radius 3 is 2.56 bits per heavy atom. The van der Waals surface area contributed by atoms with E-state index in [2.05, 4.69) is 10.6 Å². The van der Waals surface area contributed by atoms with Gasteiger partial charge in [0.2, 0.25) is 5.91 Å². The molecule has 1 aromatic rings. The van der Waals surface area contributed by atoms with Crippen LogP contribution < -0.4 is 16.4 Å². The minimum absolute atomic E-state index is 0.0239. The van der Waals surface area contributed by atoms with Crippen LogP contribution in [0.4, 0.5) is 10.5 Å². The summed E-state index contributed by atoms with van der Waals surface area (Å²) in [6, 6.07) is 3.88. The molecule has 0 aliphatic rings. The van der Waals surface area contributed by atoms with Crippen molar-refractivity contribution in [3.05, 3.63) is 29.3 Å². The molecule has 18 heavy (non-hydrogen) atoms. The van der Waals surface area contributed by atoms with Gasteiger partial charge in [0.05, 0.1) is 17.8 Å². The van der Waals surface area contributed by atoms with Gasteiger partial charge in [-0.25, -0.2) is 9.59 Å². The number of benzene rings is 1. The predicted octanol–water partition coefficient (Wildman–Crippen LogP) is 0.300. The number of rotatable bonds is 4. The first-order valence-corrected chi connectivity index (χ1v) is 5.07. The van der Waals surface area contributed by atoms with E-state index in [9.17, 15) is 14.4 Å². The minimum Gasteiger partial charge on any atom is -0.478 e. The molecule has 0 aliphatic carbocycles. The SMILES string of the molecule is Cc1ccc(NC(=O)NCC(N)=O)c(C(=O)O)c1. The lowest BCUT2D eigenvalue weighted by Crippen LogP contribution is -2.36. The van der Waals surface area contributed by atoms with E-state index >= 15 is 0 Å². The number of carbonyl (C=O) groups is 3. The van der Waals surface area contributed by atoms with Crippen molar-refractivity contribution >= 4 is 23.6 Å². The highest BCUT2D eigenvalue weighted by atomic mass is 16.4. The van der Waals surface area contributed by atoms with Crippen LogP contribution in [-0.4, -0.2) is 29.6 Å². The van der Waals surface area contributed by atoms with Gasteiger partial charge >= 0.3 is 12.0 Å². The molecular weight excluding hydrogens is 238 g/mol. The van der Waals surface area contributed by atoms with Gasteiger partial charge in [-0.1, -0.05) is 11.6 Å². The second-order valence-electron chi connectivity index (χ2n) is 3.63. The molecule has 7 nitrogen and oxygen atoms in total. The fraction of sp³-hybridized carbons (Fsp3) is 0.182. The summed E-state index contributed by atoms with van der Waals surface area (Å²) < 4.78 is 0. The molecule has 0 spiro atoms. The number of carboxylic acid groups (broad SMARTS) is 1. The summed E-state index contributed by atoms with van der Waals surface area (Å²) >= 11 is 0. The lowest BCUT2D eigenvalue weighted by molar-refractivity contribution is -0.117. The van der Waals surface area contributed by atoms with Crippen LogP contribution in [-0.2, 0) is 4.79 Å². The minimum atomic E-state index is -1.15. The number of amides is 3. The topological polar surface area (TPSA) is 122 Å². The molecule has 0 aromatic heterocycles. The normalized spacial score (nSPS) is 9.61. The van der Waals surface area contributed by atoms with Crippen molar-refractivity contribution in [2.24, 2.45) is 5.73 Å². The summed E-state index contributed by atoms with van der Waals surface area (Å²) in [5.74, 6) is -1.84. The van der Waals surface area contributed by atoms with Crippen LogP contribution in [0.25, 0.3) is 0 Å². The van der Waals surface area contributed by atoms with Crippen LogP contribution >= 0.6 is 0 Å². The van der Waals surface area contributed by atoms with Gasteiger partial charge in [0.1, 0.15) is 0 Å². The first-order chi connectivity index (χ1) is 8.40. The van der Waals surface area contributed by atoms with E-state index in [-0.39, 0.29) is 17.8 Å². The molecule has 0 heterocycles. The van der Waals surface area contributed by atoms with Gasteiger partial charge in [0.25, 0.3) is 0 Å². The maximum absolute atomic E-state index is 11.4. The van der Waals surface area contributed by atoms with Crippen LogP contribution in [0.3, 0.4) is 0 Å². The van der Waals surface area contributed by atoms with Crippen molar-refractivity contribution in [3.63, 3.8) is 0 Å². The van der Waals surface area contributed by atoms with Gasteiger partial charge in [0.15, 0.2) is 0 Å². The van der Waals surface area contributed by atoms with Crippen molar-refractivity contribution in [3.8, 4) is 0 Å². The van der Waals surface area contributed by atoms with Crippen LogP contribution in [0.5, 0.6) is 0 Å². The number of anilines is 1. The number of carboxylic acids is 1. The number of hydrogen-bond acceptors (Lipinski definition) is 3. The Balaban J connectivity index is 2.81. The van der Waals surface area contributed by atoms with E-state index in [0.29, 0.717) is 0 Å². The lowest BCUT2D eigenvalue weighted by atomic mass is 10.1. The Hall–Kier alpha value is -2.57. The molecule has 0 aliphatic heterocycles. The number of hydrogen-bond donors (Lipinski definition) is 4. The largest absolute Gasteiger partial charge is 0.478 e. The first kappa shape index (κ1) is 13.5. The molecule has 3 amide bonds. The third kappa shape index (κ3) is 3.78. The van der Waals surface area contributed by atoms with Crippen molar-refractivity contribution in [1.82, 2.24) is 5.32 Å². The average Bonchev–Trinajstić information content (AvgIpc) is 2.28. The van der Waals surface area contributed by atoms with Gasteiger partial charge in [-0.05, 0) is 19.1 Å². The van der Waals surface area contributed by atoms with Crippen molar-refractivity contribution in [2.45, 2.75) is 6.92 Å². The number of nitrogens with one attached hydrogen (secondary N) is 2. The van der Waals surface area contributed by atoms with Gasteiger partial charge in [0, 0.05) is 0 Å². The highest BCUT2D eigenvalue weighted by molar-refractivity contribution is 6.00. The van der Waals surface area contributed by atoms with Crippen LogP contribution in [0.1, 0.15) is 15.9 Å². The first-order valence-electron chi connectivity index (χ1n) is 5.07. The van der Waals surface area contributed by atoms with E-state index in [1.54, 1.807) is 13.0 Å². The molecule has 1 rings (SSSR count). The number of primary amides is 1. The molecule has 7 heteroatoms. The standard InChI is InChI=1S/C11H13N3O4/c1-6-2-3-8(7(4-6)10(16)17)14-11(18)13-5-9(12)15/h2-4H,5H2,1H3,(H2,12,15)(H,16,17)(H2,13,14,18). The fourth-order valence-corrected chi connectivity index (χ4v) is 1.28. The zero-order chi connectivity index (χ0) is 13.7. The summed E-state index contributed by atoms with van der Waals surface area (Å²) in [6.45, 7) is 1.42. The molecule has 5 N–H and O–H groups in total. The Kier molecular flexibility index (Phi) is 4.25. The maximum Gasteiger partial charge on any atom is 0.337 e. The highest BCUT2D eigenvalue weighted by Gasteiger charge is 2.12. The second kappa shape index (κ2) is 5.67. The Bertz CT molecular complexity index is 499. The predicted molar refractivity (Wildman–Crippen MR) is 64.4 cm³/mol. The molecule has 1 aromatic carbocycles. The number of aryl methyl sites for hydroxylation is 1. The molecule has 96 valence electrons. The van der Waals surface area contributed by atoms with Crippen molar-refractivity contribution < 1.29 is 19.5 Å². The van der Waals surface area contributed by atoms with E-state index in [1.807, 2.05) is 0 Å². The lowest BCUT2D eigenvalue weighted by Gasteiger charge is -2.09. The molecule has 0 fully saturated rings. The highest BCUT2D eigenvalue weighted by Crippen LogP contribution is 2.17. The van der Waals surface area contributed by atoms with Crippen molar-refractivity contribution in [2.75, 3.05) is 11.9 Å². The molecule has 0 radical (unpaired) electrons. The Morgan fingerprint density at radius 2 is 2.00 bits per heavy atom. The molecule has 0 saturated carbocycles. The average molecular weight is 251 g/mol. The summed E-state index contributed by atoms with van der Waals surface area (Å²) in [5.41, 5.74) is 5.74. The fourth-order valence-electron chi connectivity index (χ4n) is 1.28. The number of carbonyl (C=O) groups excluding carboxylic acids is 2. The van der Waals surface area contributed by atoms with Gasteiger partial charge in [-0.2, -0.15) is 0 Å². The van der Waals surface area contributed by atoms with Crippen LogP contribution in [0.2, 0.25) is 0 Å². The van der Waals surface area contributed by atoms with E-state index in [1.165, 1.54) is 12.1 Å². The van der Waals surface area contributed by atoms with Crippen molar-refractivity contribution in [1.29, 1.82) is 0 Å². The third-order valence-electron chi connectivity index (χ3n) is 2.08. The van der Waals surface area contributed by atoms with Crippen LogP contribution in [0, 0.1) is 6.92 Å². The molecular formula is C11H13N3O4. The van der Waals surface area contributed by atoms with Gasteiger partial charge < -0.3 is 21.5 Å². The van der Waals surface area contributed by atoms with E-state index < -0.39 is 17.9 Å². The van der Waals surface area contributed by atoms with E-state index in [0.717, 1.165) is 5.56 Å². The monoisotopic (exact) mass is 251 g/mol. The van der Waals surface area contributed by atoms with Crippen LogP contribution in [0.15, 0.2) is 18.2 Å². The quantitative estimate of drug-likeness (QED) is 0.614. The summed E-state index contributed by atoms with van der Waals surface area (Å²) in [6.07, 6.45) is 0. The zero-order valence-corrected chi connectivity index (χ0v) is 9.69. The number of urea groups is 1. The number of nitrogens with two attached hydrogens (primary N) is 1. The van der Waals surface area contributed by atoms with E-state index in [4.69, 9.17) is 10.8 Å². The summed E-state index contributed by atoms with van der Waals surface area (Å²) in [5, 5.41) is 13.5. The molecule has 0 unspecified atom stereocenters. The summed E-state index contributed by atoms with van der Waals surface area (Å²) in [4.78, 5) is 32.8. The van der Waals surface area contributed by atoms with Gasteiger partial charge in [-0.15, -0.1) is 0 Å². The Labute approximate surface area is 103 Å². The Morgan fingerprint density at radius 1 is 1.33 bits per heavy atom. The number of aromatic carboxylic acids is 1. The molecule has 0 bridgehead atoms. The third-order valence-corrected chi connectivity index (χ3v) is 2.08. The molecule has 0 atom stereocenters. The maximum atomic E-state index is 11.4. The summed E-state index contributed by atoms with van der Waals surface area (Å²) in [7, 11) is 0. The van der Waals surface area contributed by atoms with Gasteiger partial charge in [-0.3, -0.25) is 4.79 Å². The second-order valence-corrected chi connectivity index (χ2v) is 3.63. The smallest absolute Gasteiger partial charge is 0.337 e. The zero-order valence-electron chi connectivity index (χ0n) is 9.69.